The molecule has 1 aromatic carbocycles. The van der Waals surface area contributed by atoms with Gasteiger partial charge < -0.3 is 9.15 Å². The van der Waals surface area contributed by atoms with Crippen LogP contribution in [0.25, 0.3) is 11.5 Å². The number of benzene rings is 1. The zero-order valence-electron chi connectivity index (χ0n) is 11.8. The third kappa shape index (κ3) is 3.80. The quantitative estimate of drug-likeness (QED) is 0.723. The van der Waals surface area contributed by atoms with Crippen molar-refractivity contribution >= 4 is 29.2 Å². The van der Waals surface area contributed by atoms with Gasteiger partial charge in [-0.15, -0.1) is 5.10 Å². The van der Waals surface area contributed by atoms with E-state index in [0.29, 0.717) is 5.56 Å². The lowest BCUT2D eigenvalue weighted by atomic mass is 10.2. The summed E-state index contributed by atoms with van der Waals surface area (Å²) in [6.07, 6.45) is 0. The minimum absolute atomic E-state index is 0.0552. The molecule has 0 aliphatic rings. The predicted molar refractivity (Wildman–Crippen MR) is 83.0 cm³/mol. The van der Waals surface area contributed by atoms with E-state index in [9.17, 15) is 9.59 Å². The van der Waals surface area contributed by atoms with Crippen molar-refractivity contribution in [2.45, 2.75) is 0 Å². The zero-order chi connectivity index (χ0) is 16.1. The van der Waals surface area contributed by atoms with Gasteiger partial charge in [-0.3, -0.25) is 10.1 Å². The average molecular weight is 329 g/mol. The van der Waals surface area contributed by atoms with Crippen LogP contribution < -0.4 is 5.32 Å². The van der Waals surface area contributed by atoms with E-state index >= 15 is 0 Å². The number of thiophene rings is 1. The van der Waals surface area contributed by atoms with Gasteiger partial charge in [-0.1, -0.05) is 23.3 Å². The molecule has 2 heterocycles. The Hall–Kier alpha value is -3.00. The first-order valence-electron chi connectivity index (χ1n) is 6.60. The van der Waals surface area contributed by atoms with Gasteiger partial charge in [0.25, 0.3) is 5.91 Å². The number of nitrogens with zero attached hydrogens (tertiary/aromatic N) is 2. The minimum Gasteiger partial charge on any atom is -0.452 e. The second kappa shape index (κ2) is 6.84. The molecule has 0 aliphatic heterocycles. The molecule has 116 valence electrons. The molecule has 0 bridgehead atoms. The standard InChI is InChI=1S/C15H11N3O4S/c19-12(8-21-14(20)11-6-7-23-9-11)16-15-18-17-13(22-15)10-4-2-1-3-5-10/h1-7,9H,8H2,(H,16,18,19). The fourth-order valence-electron chi connectivity index (χ4n) is 1.72. The van der Waals surface area contributed by atoms with Crippen LogP contribution in [0.3, 0.4) is 0 Å². The Morgan fingerprint density at radius 2 is 2.00 bits per heavy atom. The van der Waals surface area contributed by atoms with Crippen molar-refractivity contribution in [3.8, 4) is 11.5 Å². The molecule has 0 radical (unpaired) electrons. The molecule has 0 saturated heterocycles. The molecular formula is C15H11N3O4S. The second-order valence-electron chi connectivity index (χ2n) is 4.41. The normalized spacial score (nSPS) is 10.3. The van der Waals surface area contributed by atoms with E-state index in [2.05, 4.69) is 15.5 Å². The van der Waals surface area contributed by atoms with Crippen LogP contribution >= 0.6 is 11.3 Å². The molecule has 0 aliphatic carbocycles. The third-order valence-electron chi connectivity index (χ3n) is 2.78. The number of ether oxygens (including phenoxy) is 1. The summed E-state index contributed by atoms with van der Waals surface area (Å²) >= 11 is 1.37. The Morgan fingerprint density at radius 3 is 2.74 bits per heavy atom. The molecule has 1 amide bonds. The molecule has 0 unspecified atom stereocenters. The lowest BCUT2D eigenvalue weighted by Gasteiger charge is -2.02. The summed E-state index contributed by atoms with van der Waals surface area (Å²) < 4.78 is 10.2. The highest BCUT2D eigenvalue weighted by atomic mass is 32.1. The highest BCUT2D eigenvalue weighted by Gasteiger charge is 2.14. The molecule has 2 aromatic heterocycles. The van der Waals surface area contributed by atoms with E-state index in [4.69, 9.17) is 9.15 Å². The lowest BCUT2D eigenvalue weighted by molar-refractivity contribution is -0.119. The maximum Gasteiger partial charge on any atom is 0.339 e. The van der Waals surface area contributed by atoms with Gasteiger partial charge in [0.15, 0.2) is 6.61 Å². The summed E-state index contributed by atoms with van der Waals surface area (Å²) in [5.41, 5.74) is 1.15. The average Bonchev–Trinajstić information content (AvgIpc) is 3.25. The van der Waals surface area contributed by atoms with Crippen molar-refractivity contribution < 1.29 is 18.7 Å². The van der Waals surface area contributed by atoms with Gasteiger partial charge in [-0.05, 0) is 23.6 Å². The molecule has 0 saturated carbocycles. The summed E-state index contributed by atoms with van der Waals surface area (Å²) in [5.74, 6) is -0.829. The highest BCUT2D eigenvalue weighted by molar-refractivity contribution is 7.08. The molecular weight excluding hydrogens is 318 g/mol. The number of carbonyl (C=O) groups excluding carboxylic acids is 2. The van der Waals surface area contributed by atoms with Crippen molar-refractivity contribution in [3.05, 3.63) is 52.7 Å². The van der Waals surface area contributed by atoms with Crippen molar-refractivity contribution in [2.75, 3.05) is 11.9 Å². The zero-order valence-corrected chi connectivity index (χ0v) is 12.6. The van der Waals surface area contributed by atoms with Crippen molar-refractivity contribution in [1.29, 1.82) is 0 Å². The number of hydrogen-bond donors (Lipinski definition) is 1. The van der Waals surface area contributed by atoms with Gasteiger partial charge in [-0.2, -0.15) is 11.3 Å². The molecule has 3 rings (SSSR count). The van der Waals surface area contributed by atoms with Crippen LogP contribution in [0.5, 0.6) is 0 Å². The maximum atomic E-state index is 11.7. The van der Waals surface area contributed by atoms with Crippen LogP contribution in [0, 0.1) is 0 Å². The van der Waals surface area contributed by atoms with Gasteiger partial charge in [-0.25, -0.2) is 4.79 Å². The van der Waals surface area contributed by atoms with Crippen LogP contribution in [0.2, 0.25) is 0 Å². The Labute approximate surface area is 134 Å². The molecule has 3 aromatic rings. The maximum absolute atomic E-state index is 11.7. The largest absolute Gasteiger partial charge is 0.452 e. The molecule has 23 heavy (non-hydrogen) atoms. The molecule has 0 fully saturated rings. The number of amides is 1. The summed E-state index contributed by atoms with van der Waals surface area (Å²) in [7, 11) is 0. The Bertz CT molecular complexity index is 799. The van der Waals surface area contributed by atoms with Crippen LogP contribution in [0.15, 0.2) is 51.6 Å². The summed E-state index contributed by atoms with van der Waals surface area (Å²) in [6, 6.07) is 10.7. The van der Waals surface area contributed by atoms with Crippen molar-refractivity contribution in [2.24, 2.45) is 0 Å². The first-order chi connectivity index (χ1) is 11.2. The molecule has 8 heteroatoms. The Morgan fingerprint density at radius 1 is 1.17 bits per heavy atom. The number of nitrogens with one attached hydrogen (secondary N) is 1. The molecule has 7 nitrogen and oxygen atoms in total. The lowest BCUT2D eigenvalue weighted by Crippen LogP contribution is -2.20. The Kier molecular flexibility index (Phi) is 4.44. The van der Waals surface area contributed by atoms with Crippen molar-refractivity contribution in [1.82, 2.24) is 10.2 Å². The number of anilines is 1. The molecule has 1 N–H and O–H groups in total. The number of aromatic nitrogens is 2. The van der Waals surface area contributed by atoms with Crippen LogP contribution in [-0.2, 0) is 9.53 Å². The van der Waals surface area contributed by atoms with Gasteiger partial charge in [0, 0.05) is 10.9 Å². The van der Waals surface area contributed by atoms with E-state index < -0.39 is 18.5 Å². The number of hydrogen-bond acceptors (Lipinski definition) is 7. The predicted octanol–water partition coefficient (Wildman–Crippen LogP) is 2.59. The first kappa shape index (κ1) is 14.9. The van der Waals surface area contributed by atoms with E-state index in [1.165, 1.54) is 11.3 Å². The summed E-state index contributed by atoms with van der Waals surface area (Å²) in [5, 5.41) is 13.3. The van der Waals surface area contributed by atoms with E-state index in [1.54, 1.807) is 16.8 Å². The second-order valence-corrected chi connectivity index (χ2v) is 5.19. The van der Waals surface area contributed by atoms with Gasteiger partial charge in [0.1, 0.15) is 0 Å². The topological polar surface area (TPSA) is 94.3 Å². The van der Waals surface area contributed by atoms with E-state index in [1.807, 2.05) is 30.3 Å². The summed E-state index contributed by atoms with van der Waals surface area (Å²) in [6.45, 7) is -0.433. The summed E-state index contributed by atoms with van der Waals surface area (Å²) in [4.78, 5) is 23.3. The smallest absolute Gasteiger partial charge is 0.339 e. The van der Waals surface area contributed by atoms with Crippen LogP contribution in [-0.4, -0.2) is 28.7 Å². The fourth-order valence-corrected chi connectivity index (χ4v) is 2.35. The van der Waals surface area contributed by atoms with Crippen LogP contribution in [0.4, 0.5) is 6.01 Å². The minimum atomic E-state index is -0.558. The highest BCUT2D eigenvalue weighted by Crippen LogP contribution is 2.18. The number of rotatable bonds is 5. The van der Waals surface area contributed by atoms with Gasteiger partial charge >= 0.3 is 12.0 Å². The van der Waals surface area contributed by atoms with Gasteiger partial charge in [0.2, 0.25) is 5.89 Å². The fraction of sp³-hybridized carbons (Fsp3) is 0.0667. The Balaban J connectivity index is 1.54. The van der Waals surface area contributed by atoms with Gasteiger partial charge in [0.05, 0.1) is 5.56 Å². The first-order valence-corrected chi connectivity index (χ1v) is 7.55. The monoisotopic (exact) mass is 329 g/mol. The van der Waals surface area contributed by atoms with Crippen LogP contribution in [0.1, 0.15) is 10.4 Å². The van der Waals surface area contributed by atoms with Crippen molar-refractivity contribution in [3.63, 3.8) is 0 Å². The van der Waals surface area contributed by atoms with E-state index in [-0.39, 0.29) is 11.9 Å². The van der Waals surface area contributed by atoms with E-state index in [0.717, 1.165) is 5.56 Å². The SMILES string of the molecule is O=C(COC(=O)c1ccsc1)Nc1nnc(-c2ccccc2)o1. The third-order valence-corrected chi connectivity index (χ3v) is 3.47. The number of carbonyl (C=O) groups is 2. The number of esters is 1. The molecule has 0 spiro atoms. The molecule has 0 atom stereocenters.